The van der Waals surface area contributed by atoms with Crippen LogP contribution in [-0.2, 0) is 0 Å². The standard InChI is InChI=1S/C18H19NO2/c1-14-4-3-5-18(12-14)21-11-10-16(13-19)15-6-8-17(20-2)9-7-15/h3-9,12,16H,10-11H2,1-2H3. The van der Waals surface area contributed by atoms with Gasteiger partial charge in [-0.25, -0.2) is 0 Å². The molecule has 2 rings (SSSR count). The zero-order valence-corrected chi connectivity index (χ0v) is 12.4. The second-order valence-electron chi connectivity index (χ2n) is 4.91. The van der Waals surface area contributed by atoms with Crippen molar-refractivity contribution >= 4 is 0 Å². The molecule has 0 N–H and O–H groups in total. The van der Waals surface area contributed by atoms with Crippen LogP contribution in [-0.4, -0.2) is 13.7 Å². The van der Waals surface area contributed by atoms with Crippen LogP contribution in [0, 0.1) is 18.3 Å². The Labute approximate surface area is 125 Å². The minimum Gasteiger partial charge on any atom is -0.497 e. The first-order valence-electron chi connectivity index (χ1n) is 6.96. The van der Waals surface area contributed by atoms with Gasteiger partial charge in [-0.05, 0) is 42.3 Å². The summed E-state index contributed by atoms with van der Waals surface area (Å²) in [7, 11) is 1.63. The van der Waals surface area contributed by atoms with Gasteiger partial charge in [-0.15, -0.1) is 0 Å². The molecule has 1 atom stereocenters. The molecule has 0 spiro atoms. The number of hydrogen-bond donors (Lipinski definition) is 0. The fourth-order valence-electron chi connectivity index (χ4n) is 2.14. The van der Waals surface area contributed by atoms with Crippen molar-refractivity contribution in [2.75, 3.05) is 13.7 Å². The van der Waals surface area contributed by atoms with E-state index in [1.54, 1.807) is 7.11 Å². The van der Waals surface area contributed by atoms with Crippen molar-refractivity contribution in [3.8, 4) is 17.6 Å². The molecule has 108 valence electrons. The Bertz CT molecular complexity index is 614. The zero-order valence-electron chi connectivity index (χ0n) is 12.4. The Morgan fingerprint density at radius 3 is 2.48 bits per heavy atom. The van der Waals surface area contributed by atoms with E-state index in [-0.39, 0.29) is 5.92 Å². The molecule has 2 aromatic rings. The molecule has 0 aliphatic heterocycles. The summed E-state index contributed by atoms with van der Waals surface area (Å²) in [4.78, 5) is 0. The number of methoxy groups -OCH3 is 1. The number of ether oxygens (including phenoxy) is 2. The summed E-state index contributed by atoms with van der Waals surface area (Å²) < 4.78 is 10.8. The number of aryl methyl sites for hydroxylation is 1. The largest absolute Gasteiger partial charge is 0.497 e. The minimum absolute atomic E-state index is 0.166. The molecule has 3 heteroatoms. The summed E-state index contributed by atoms with van der Waals surface area (Å²) in [6, 6.07) is 17.9. The second-order valence-corrected chi connectivity index (χ2v) is 4.91. The van der Waals surface area contributed by atoms with E-state index in [4.69, 9.17) is 9.47 Å². The third kappa shape index (κ3) is 4.25. The minimum atomic E-state index is -0.166. The summed E-state index contributed by atoms with van der Waals surface area (Å²) in [6.07, 6.45) is 0.663. The number of nitrogens with zero attached hydrogens (tertiary/aromatic N) is 1. The van der Waals surface area contributed by atoms with Crippen molar-refractivity contribution < 1.29 is 9.47 Å². The molecule has 0 bridgehead atoms. The van der Waals surface area contributed by atoms with E-state index in [1.807, 2.05) is 55.5 Å². The lowest BCUT2D eigenvalue weighted by atomic mass is 9.97. The molecule has 2 aromatic carbocycles. The lowest BCUT2D eigenvalue weighted by Crippen LogP contribution is -2.04. The Morgan fingerprint density at radius 1 is 1.10 bits per heavy atom. The van der Waals surface area contributed by atoms with Crippen molar-refractivity contribution in [1.29, 1.82) is 5.26 Å². The summed E-state index contributed by atoms with van der Waals surface area (Å²) in [5, 5.41) is 9.31. The fraction of sp³-hybridized carbons (Fsp3) is 0.278. The van der Waals surface area contributed by atoms with Crippen molar-refractivity contribution in [3.63, 3.8) is 0 Å². The van der Waals surface area contributed by atoms with Gasteiger partial charge in [0.15, 0.2) is 0 Å². The maximum Gasteiger partial charge on any atom is 0.119 e. The Hall–Kier alpha value is -2.47. The Balaban J connectivity index is 1.92. The molecular weight excluding hydrogens is 262 g/mol. The van der Waals surface area contributed by atoms with Crippen LogP contribution in [0.4, 0.5) is 0 Å². The Morgan fingerprint density at radius 2 is 1.86 bits per heavy atom. The van der Waals surface area contributed by atoms with Crippen LogP contribution in [0.1, 0.15) is 23.5 Å². The molecule has 0 aromatic heterocycles. The highest BCUT2D eigenvalue weighted by Gasteiger charge is 2.11. The van der Waals surface area contributed by atoms with Crippen LogP contribution >= 0.6 is 0 Å². The van der Waals surface area contributed by atoms with Crippen molar-refractivity contribution in [1.82, 2.24) is 0 Å². The fourth-order valence-corrected chi connectivity index (χ4v) is 2.14. The van der Waals surface area contributed by atoms with Gasteiger partial charge in [0.05, 0.1) is 25.7 Å². The van der Waals surface area contributed by atoms with E-state index >= 15 is 0 Å². The van der Waals surface area contributed by atoms with Crippen LogP contribution < -0.4 is 9.47 Å². The zero-order chi connectivity index (χ0) is 15.1. The van der Waals surface area contributed by atoms with E-state index in [0.29, 0.717) is 13.0 Å². The first-order chi connectivity index (χ1) is 10.2. The van der Waals surface area contributed by atoms with Gasteiger partial charge in [0.25, 0.3) is 0 Å². The predicted octanol–water partition coefficient (Wildman–Crippen LogP) is 4.08. The summed E-state index contributed by atoms with van der Waals surface area (Å²) in [5.74, 6) is 1.48. The van der Waals surface area contributed by atoms with Gasteiger partial charge >= 0.3 is 0 Å². The Kier molecular flexibility index (Phi) is 5.22. The van der Waals surface area contributed by atoms with Gasteiger partial charge in [-0.1, -0.05) is 24.3 Å². The van der Waals surface area contributed by atoms with E-state index in [1.165, 1.54) is 5.56 Å². The van der Waals surface area contributed by atoms with Gasteiger partial charge in [-0.3, -0.25) is 0 Å². The average Bonchev–Trinajstić information content (AvgIpc) is 2.52. The van der Waals surface area contributed by atoms with Gasteiger partial charge < -0.3 is 9.47 Å². The van der Waals surface area contributed by atoms with Crippen molar-refractivity contribution in [3.05, 3.63) is 59.7 Å². The molecule has 0 fully saturated rings. The molecule has 0 radical (unpaired) electrons. The van der Waals surface area contributed by atoms with Crippen molar-refractivity contribution in [2.45, 2.75) is 19.3 Å². The molecule has 3 nitrogen and oxygen atoms in total. The summed E-state index contributed by atoms with van der Waals surface area (Å²) >= 11 is 0. The highest BCUT2D eigenvalue weighted by Crippen LogP contribution is 2.22. The third-order valence-corrected chi connectivity index (χ3v) is 3.34. The third-order valence-electron chi connectivity index (χ3n) is 3.34. The highest BCUT2D eigenvalue weighted by atomic mass is 16.5. The molecule has 0 saturated heterocycles. The lowest BCUT2D eigenvalue weighted by Gasteiger charge is -2.11. The summed E-state index contributed by atoms with van der Waals surface area (Å²) in [5.41, 5.74) is 2.16. The van der Waals surface area contributed by atoms with Gasteiger partial charge in [-0.2, -0.15) is 5.26 Å². The lowest BCUT2D eigenvalue weighted by molar-refractivity contribution is 0.305. The SMILES string of the molecule is COc1ccc(C(C#N)CCOc2cccc(C)c2)cc1. The molecule has 0 aliphatic carbocycles. The maximum atomic E-state index is 9.31. The van der Waals surface area contributed by atoms with Crippen LogP contribution in [0.2, 0.25) is 0 Å². The molecule has 0 amide bonds. The molecule has 1 unspecified atom stereocenters. The molecule has 21 heavy (non-hydrogen) atoms. The normalized spacial score (nSPS) is 11.5. The average molecular weight is 281 g/mol. The number of benzene rings is 2. The van der Waals surface area contributed by atoms with Gasteiger partial charge in [0.2, 0.25) is 0 Å². The molecule has 0 heterocycles. The molecule has 0 aliphatic rings. The van der Waals surface area contributed by atoms with Gasteiger partial charge in [0, 0.05) is 6.42 Å². The molecule has 0 saturated carbocycles. The van der Waals surface area contributed by atoms with Crippen molar-refractivity contribution in [2.24, 2.45) is 0 Å². The first kappa shape index (κ1) is 14.9. The second kappa shape index (κ2) is 7.35. The topological polar surface area (TPSA) is 42.2 Å². The van der Waals surface area contributed by atoms with E-state index in [9.17, 15) is 5.26 Å². The van der Waals surface area contributed by atoms with E-state index in [0.717, 1.165) is 17.1 Å². The van der Waals surface area contributed by atoms with E-state index < -0.39 is 0 Å². The highest BCUT2D eigenvalue weighted by molar-refractivity contribution is 5.32. The smallest absolute Gasteiger partial charge is 0.119 e. The maximum absolute atomic E-state index is 9.31. The van der Waals surface area contributed by atoms with Crippen LogP contribution in [0.3, 0.4) is 0 Å². The quantitative estimate of drug-likeness (QED) is 0.801. The first-order valence-corrected chi connectivity index (χ1v) is 6.96. The monoisotopic (exact) mass is 281 g/mol. The number of nitriles is 1. The predicted molar refractivity (Wildman–Crippen MR) is 82.6 cm³/mol. The summed E-state index contributed by atoms with van der Waals surface area (Å²) in [6.45, 7) is 2.55. The van der Waals surface area contributed by atoms with Crippen LogP contribution in [0.15, 0.2) is 48.5 Å². The van der Waals surface area contributed by atoms with E-state index in [2.05, 4.69) is 6.07 Å². The van der Waals surface area contributed by atoms with Gasteiger partial charge in [0.1, 0.15) is 11.5 Å². The molecular formula is C18H19NO2. The number of rotatable bonds is 6. The van der Waals surface area contributed by atoms with Crippen LogP contribution in [0.25, 0.3) is 0 Å². The van der Waals surface area contributed by atoms with Crippen LogP contribution in [0.5, 0.6) is 11.5 Å². The number of hydrogen-bond acceptors (Lipinski definition) is 3.